The molecular formula is C22H33FN6O2. The van der Waals surface area contributed by atoms with Gasteiger partial charge < -0.3 is 25.8 Å². The largest absolute Gasteiger partial charge is 0.454 e. The van der Waals surface area contributed by atoms with Crippen molar-refractivity contribution in [3.63, 3.8) is 0 Å². The van der Waals surface area contributed by atoms with Crippen molar-refractivity contribution in [2.75, 3.05) is 19.9 Å². The van der Waals surface area contributed by atoms with E-state index in [0.29, 0.717) is 36.3 Å². The molecule has 0 aromatic heterocycles. The lowest BCUT2D eigenvalue weighted by atomic mass is 10.0. The van der Waals surface area contributed by atoms with Gasteiger partial charge in [-0.15, -0.1) is 0 Å². The van der Waals surface area contributed by atoms with Gasteiger partial charge in [-0.2, -0.15) is 4.39 Å². The lowest BCUT2D eigenvalue weighted by Gasteiger charge is -2.16. The molecule has 0 atom stereocenters. The van der Waals surface area contributed by atoms with E-state index in [1.807, 2.05) is 19.1 Å². The second-order valence-corrected chi connectivity index (χ2v) is 7.74. The molecule has 0 radical (unpaired) electrons. The summed E-state index contributed by atoms with van der Waals surface area (Å²) in [5.41, 5.74) is 8.54. The van der Waals surface area contributed by atoms with E-state index in [0.717, 1.165) is 29.8 Å². The summed E-state index contributed by atoms with van der Waals surface area (Å²) in [7, 11) is 0. The van der Waals surface area contributed by atoms with Crippen LogP contribution in [0.15, 0.2) is 33.5 Å². The minimum atomic E-state index is -0.713. The van der Waals surface area contributed by atoms with Crippen LogP contribution in [0.1, 0.15) is 45.2 Å². The van der Waals surface area contributed by atoms with Gasteiger partial charge in [0.1, 0.15) is 11.5 Å². The Morgan fingerprint density at radius 3 is 2.55 bits per heavy atom. The van der Waals surface area contributed by atoms with Gasteiger partial charge in [0.15, 0.2) is 23.3 Å². The van der Waals surface area contributed by atoms with Crippen molar-refractivity contribution >= 4 is 17.6 Å². The molecular weight excluding hydrogens is 399 g/mol. The topological polar surface area (TPSA) is 117 Å². The zero-order chi connectivity index (χ0) is 23.0. The molecule has 0 bridgehead atoms. The second kappa shape index (κ2) is 11.5. The van der Waals surface area contributed by atoms with Crippen molar-refractivity contribution in [1.82, 2.24) is 10.6 Å². The molecule has 1 aromatic carbocycles. The van der Waals surface area contributed by atoms with Crippen LogP contribution < -0.4 is 25.8 Å². The first-order valence-corrected chi connectivity index (χ1v) is 10.4. The van der Waals surface area contributed by atoms with Gasteiger partial charge in [0, 0.05) is 31.6 Å². The van der Waals surface area contributed by atoms with E-state index in [2.05, 4.69) is 29.5 Å². The molecule has 1 aliphatic heterocycles. The van der Waals surface area contributed by atoms with E-state index >= 15 is 0 Å². The van der Waals surface area contributed by atoms with Crippen molar-refractivity contribution in [1.29, 1.82) is 5.41 Å². The van der Waals surface area contributed by atoms with Crippen LogP contribution in [-0.2, 0) is 6.42 Å². The first-order valence-electron chi connectivity index (χ1n) is 10.4. The van der Waals surface area contributed by atoms with E-state index in [9.17, 15) is 4.39 Å². The Balaban J connectivity index is 2.25. The molecule has 0 saturated carbocycles. The molecule has 1 aromatic rings. The number of nitrogens with zero attached hydrogens (tertiary/aromatic N) is 2. The number of hydrogen-bond acceptors (Lipinski definition) is 6. The maximum Gasteiger partial charge on any atom is 0.231 e. The molecule has 0 amide bonds. The summed E-state index contributed by atoms with van der Waals surface area (Å²) >= 11 is 0. The maximum absolute atomic E-state index is 13.2. The van der Waals surface area contributed by atoms with Gasteiger partial charge in [0.05, 0.1) is 0 Å². The average Bonchev–Trinajstić information content (AvgIpc) is 3.11. The summed E-state index contributed by atoms with van der Waals surface area (Å²) in [5, 5.41) is 14.6. The Morgan fingerprint density at radius 1 is 1.26 bits per heavy atom. The fourth-order valence-corrected chi connectivity index (χ4v) is 2.98. The van der Waals surface area contributed by atoms with Crippen LogP contribution in [-0.4, -0.2) is 43.6 Å². The van der Waals surface area contributed by atoms with Crippen LogP contribution in [0.3, 0.4) is 0 Å². The third-order valence-electron chi connectivity index (χ3n) is 4.55. The van der Waals surface area contributed by atoms with Gasteiger partial charge in [0.25, 0.3) is 0 Å². The summed E-state index contributed by atoms with van der Waals surface area (Å²) in [5.74, 6) is 1.03. The Bertz CT molecular complexity index is 884. The number of allylic oxidation sites excluding steroid dienone is 1. The molecule has 8 nitrogen and oxygen atoms in total. The summed E-state index contributed by atoms with van der Waals surface area (Å²) in [6, 6.07) is 4.28. The van der Waals surface area contributed by atoms with Crippen LogP contribution in [0.2, 0.25) is 0 Å². The number of fused-ring (bicyclic) bond motifs is 1. The van der Waals surface area contributed by atoms with Crippen molar-refractivity contribution in [3.8, 4) is 11.5 Å². The van der Waals surface area contributed by atoms with E-state index in [4.69, 9.17) is 25.6 Å². The summed E-state index contributed by atoms with van der Waals surface area (Å²) in [6.45, 7) is 10.6. The Labute approximate surface area is 183 Å². The zero-order valence-electron chi connectivity index (χ0n) is 18.9. The van der Waals surface area contributed by atoms with E-state index in [1.54, 1.807) is 6.92 Å². The molecule has 0 spiro atoms. The number of rotatable bonds is 9. The maximum atomic E-state index is 13.2. The minimum Gasteiger partial charge on any atom is -0.454 e. The molecule has 1 aliphatic rings. The molecule has 170 valence electrons. The zero-order valence-corrected chi connectivity index (χ0v) is 18.9. The molecule has 31 heavy (non-hydrogen) atoms. The lowest BCUT2D eigenvalue weighted by Crippen LogP contribution is -2.31. The number of hydrogen-bond donors (Lipinski definition) is 4. The van der Waals surface area contributed by atoms with Crippen molar-refractivity contribution < 1.29 is 13.9 Å². The number of aryl methyl sites for hydroxylation is 1. The van der Waals surface area contributed by atoms with Crippen LogP contribution in [0.5, 0.6) is 11.5 Å². The monoisotopic (exact) mass is 432 g/mol. The fourth-order valence-electron chi connectivity index (χ4n) is 2.98. The fraction of sp³-hybridized carbons (Fsp3) is 0.500. The number of benzene rings is 1. The molecule has 9 heteroatoms. The predicted molar refractivity (Wildman–Crippen MR) is 123 cm³/mol. The number of ether oxygens (including phenoxy) is 2. The second-order valence-electron chi connectivity index (χ2n) is 7.74. The average molecular weight is 433 g/mol. The van der Waals surface area contributed by atoms with E-state index in [-0.39, 0.29) is 18.3 Å². The SMILES string of the molecule is CC(F)=NC(=N)C(NC(Cc1cc2c(cc1C)OCO2)=NCCCNC(C)C)=C(C)N. The smallest absolute Gasteiger partial charge is 0.231 e. The quantitative estimate of drug-likeness (QED) is 0.272. The first kappa shape index (κ1) is 24.3. The van der Waals surface area contributed by atoms with Crippen molar-refractivity contribution in [3.05, 3.63) is 34.7 Å². The van der Waals surface area contributed by atoms with Crippen LogP contribution >= 0.6 is 0 Å². The van der Waals surface area contributed by atoms with Gasteiger partial charge in [-0.05, 0) is 50.1 Å². The Hall–Kier alpha value is -2.94. The highest BCUT2D eigenvalue weighted by molar-refractivity contribution is 6.05. The van der Waals surface area contributed by atoms with Crippen molar-refractivity contribution in [2.24, 2.45) is 15.7 Å². The van der Waals surface area contributed by atoms with Gasteiger partial charge in [0.2, 0.25) is 6.79 Å². The standard InChI is InChI=1S/C22H33FN6O2/c1-13(2)26-7-6-8-27-20(29-21(15(4)24)22(25)28-16(5)23)11-17-10-19-18(9-14(17)3)30-12-31-19/h9-10,13,25-26H,6-8,11-12,24H2,1-5H3,(H,27,29). The molecule has 2 rings (SSSR count). The van der Waals surface area contributed by atoms with Crippen LogP contribution in [0.25, 0.3) is 0 Å². The lowest BCUT2D eigenvalue weighted by molar-refractivity contribution is 0.174. The van der Waals surface area contributed by atoms with Crippen LogP contribution in [0, 0.1) is 12.3 Å². The highest BCUT2D eigenvalue weighted by atomic mass is 19.1. The number of aliphatic imine (C=N–C) groups is 2. The Morgan fingerprint density at radius 2 is 1.94 bits per heavy atom. The van der Waals surface area contributed by atoms with Gasteiger partial charge in [-0.3, -0.25) is 10.4 Å². The molecule has 0 saturated heterocycles. The van der Waals surface area contributed by atoms with Crippen LogP contribution in [0.4, 0.5) is 4.39 Å². The highest BCUT2D eigenvalue weighted by Gasteiger charge is 2.18. The van der Waals surface area contributed by atoms with E-state index < -0.39 is 5.97 Å². The van der Waals surface area contributed by atoms with Gasteiger partial charge in [-0.25, -0.2) is 4.99 Å². The third kappa shape index (κ3) is 7.67. The molecule has 0 unspecified atom stereocenters. The number of nitrogens with one attached hydrogen (secondary N) is 3. The molecule has 0 aliphatic carbocycles. The molecule has 1 heterocycles. The number of amidine groups is 2. The summed E-state index contributed by atoms with van der Waals surface area (Å²) < 4.78 is 24.2. The first-order chi connectivity index (χ1) is 14.7. The van der Waals surface area contributed by atoms with Gasteiger partial charge >= 0.3 is 0 Å². The predicted octanol–water partition coefficient (Wildman–Crippen LogP) is 3.20. The number of halogens is 1. The number of nitrogens with two attached hydrogens (primary N) is 1. The minimum absolute atomic E-state index is 0.206. The third-order valence-corrected chi connectivity index (χ3v) is 4.55. The highest BCUT2D eigenvalue weighted by Crippen LogP contribution is 2.34. The Kier molecular flexibility index (Phi) is 8.99. The van der Waals surface area contributed by atoms with Crippen molar-refractivity contribution in [2.45, 2.75) is 53.5 Å². The van der Waals surface area contributed by atoms with E-state index in [1.165, 1.54) is 6.92 Å². The molecule has 0 fully saturated rings. The molecule has 5 N–H and O–H groups in total. The normalized spacial score (nSPS) is 14.7. The van der Waals surface area contributed by atoms with Gasteiger partial charge in [-0.1, -0.05) is 13.8 Å². The summed E-state index contributed by atoms with van der Waals surface area (Å²) in [6.07, 6.45) is 1.31. The summed E-state index contributed by atoms with van der Waals surface area (Å²) in [4.78, 5) is 8.28.